The monoisotopic (exact) mass is 290 g/mol. The molecule has 20 heavy (non-hydrogen) atoms. The Bertz CT molecular complexity index is 528. The van der Waals surface area contributed by atoms with Crippen molar-refractivity contribution < 1.29 is 27.2 Å². The maximum absolute atomic E-state index is 13.1. The summed E-state index contributed by atoms with van der Waals surface area (Å²) in [4.78, 5) is 12.1. The van der Waals surface area contributed by atoms with Crippen LogP contribution < -0.4 is 5.32 Å². The number of rotatable bonds is 2. The smallest absolute Gasteiger partial charge is 0.373 e. The molecule has 3 heterocycles. The SMILES string of the molecule is Cc1conc1NC(=O)C1C2CCC(O2)C1C(F)(F)F. The topological polar surface area (TPSA) is 64.4 Å². The van der Waals surface area contributed by atoms with E-state index in [1.54, 1.807) is 6.92 Å². The molecule has 2 fully saturated rings. The number of hydrogen-bond donors (Lipinski definition) is 1. The van der Waals surface area contributed by atoms with Crippen molar-refractivity contribution in [1.82, 2.24) is 5.16 Å². The van der Waals surface area contributed by atoms with Gasteiger partial charge in [0.25, 0.3) is 0 Å². The number of carbonyl (C=O) groups is 1. The molecule has 2 aliphatic heterocycles. The molecule has 1 aromatic heterocycles. The van der Waals surface area contributed by atoms with E-state index in [-0.39, 0.29) is 5.82 Å². The summed E-state index contributed by atoms with van der Waals surface area (Å²) in [6.45, 7) is 1.64. The fourth-order valence-electron chi connectivity index (χ4n) is 3.03. The summed E-state index contributed by atoms with van der Waals surface area (Å²) in [5, 5.41) is 5.94. The Morgan fingerprint density at radius 1 is 1.40 bits per heavy atom. The largest absolute Gasteiger partial charge is 0.395 e. The highest BCUT2D eigenvalue weighted by Gasteiger charge is 2.62. The zero-order valence-electron chi connectivity index (χ0n) is 10.6. The van der Waals surface area contributed by atoms with Gasteiger partial charge in [-0.1, -0.05) is 5.16 Å². The maximum atomic E-state index is 13.1. The van der Waals surface area contributed by atoms with Crippen LogP contribution in [0.4, 0.5) is 19.0 Å². The molecule has 1 N–H and O–H groups in total. The Kier molecular flexibility index (Phi) is 3.00. The minimum absolute atomic E-state index is 0.152. The summed E-state index contributed by atoms with van der Waals surface area (Å²) in [5.74, 6) is -3.52. The van der Waals surface area contributed by atoms with Gasteiger partial charge in [0.1, 0.15) is 6.26 Å². The molecular formula is C12H13F3N2O3. The summed E-state index contributed by atoms with van der Waals surface area (Å²) in [5.41, 5.74) is 0.561. The lowest BCUT2D eigenvalue weighted by Crippen LogP contribution is -2.44. The molecule has 0 saturated carbocycles. The molecule has 3 rings (SSSR count). The van der Waals surface area contributed by atoms with Crippen LogP contribution in [-0.2, 0) is 9.53 Å². The van der Waals surface area contributed by atoms with Crippen LogP contribution in [0.5, 0.6) is 0 Å². The predicted octanol–water partition coefficient (Wildman–Crippen LogP) is 2.28. The van der Waals surface area contributed by atoms with Crippen LogP contribution in [-0.4, -0.2) is 29.4 Å². The molecule has 1 amide bonds. The van der Waals surface area contributed by atoms with Crippen molar-refractivity contribution in [3.05, 3.63) is 11.8 Å². The molecule has 2 aliphatic rings. The van der Waals surface area contributed by atoms with Gasteiger partial charge in [0.15, 0.2) is 5.82 Å². The summed E-state index contributed by atoms with van der Waals surface area (Å²) >= 11 is 0. The molecule has 0 radical (unpaired) electrons. The van der Waals surface area contributed by atoms with E-state index in [1.807, 2.05) is 0 Å². The molecule has 0 aromatic carbocycles. The third kappa shape index (κ3) is 2.07. The minimum Gasteiger partial charge on any atom is -0.373 e. The first-order valence-corrected chi connectivity index (χ1v) is 6.32. The zero-order chi connectivity index (χ0) is 14.5. The number of anilines is 1. The number of hydrogen-bond acceptors (Lipinski definition) is 4. The van der Waals surface area contributed by atoms with Crippen LogP contribution in [0.3, 0.4) is 0 Å². The van der Waals surface area contributed by atoms with Gasteiger partial charge in [0.2, 0.25) is 5.91 Å². The number of amides is 1. The second-order valence-corrected chi connectivity index (χ2v) is 5.22. The lowest BCUT2D eigenvalue weighted by Gasteiger charge is -2.28. The molecule has 0 spiro atoms. The van der Waals surface area contributed by atoms with Crippen LogP contribution >= 0.6 is 0 Å². The highest BCUT2D eigenvalue weighted by molar-refractivity contribution is 5.93. The average molecular weight is 290 g/mol. The van der Waals surface area contributed by atoms with E-state index in [0.717, 1.165) is 0 Å². The van der Waals surface area contributed by atoms with E-state index in [4.69, 9.17) is 4.74 Å². The van der Waals surface area contributed by atoms with Crippen molar-refractivity contribution in [3.63, 3.8) is 0 Å². The Balaban J connectivity index is 1.81. The number of aromatic nitrogens is 1. The number of nitrogens with one attached hydrogen (secondary N) is 1. The Morgan fingerprint density at radius 3 is 2.70 bits per heavy atom. The number of carbonyl (C=O) groups excluding carboxylic acids is 1. The molecule has 0 aliphatic carbocycles. The van der Waals surface area contributed by atoms with E-state index in [9.17, 15) is 18.0 Å². The lowest BCUT2D eigenvalue weighted by molar-refractivity contribution is -0.196. The van der Waals surface area contributed by atoms with Gasteiger partial charge < -0.3 is 14.6 Å². The number of ether oxygens (including phenoxy) is 1. The van der Waals surface area contributed by atoms with Gasteiger partial charge in [-0.3, -0.25) is 4.79 Å². The fraction of sp³-hybridized carbons (Fsp3) is 0.667. The van der Waals surface area contributed by atoms with Crippen molar-refractivity contribution >= 4 is 11.7 Å². The summed E-state index contributed by atoms with van der Waals surface area (Å²) in [6, 6.07) is 0. The van der Waals surface area contributed by atoms with Crippen molar-refractivity contribution in [2.75, 3.05) is 5.32 Å². The number of alkyl halides is 3. The molecule has 4 unspecified atom stereocenters. The second kappa shape index (κ2) is 4.47. The van der Waals surface area contributed by atoms with E-state index < -0.39 is 36.1 Å². The molecule has 4 atom stereocenters. The van der Waals surface area contributed by atoms with Gasteiger partial charge in [-0.2, -0.15) is 13.2 Å². The minimum atomic E-state index is -4.44. The van der Waals surface area contributed by atoms with Crippen LogP contribution in [0.2, 0.25) is 0 Å². The molecule has 2 saturated heterocycles. The molecule has 110 valence electrons. The van der Waals surface area contributed by atoms with Crippen LogP contribution in [0, 0.1) is 18.8 Å². The lowest BCUT2D eigenvalue weighted by atomic mass is 9.78. The van der Waals surface area contributed by atoms with E-state index in [1.165, 1.54) is 6.26 Å². The number of nitrogens with zero attached hydrogens (tertiary/aromatic N) is 1. The van der Waals surface area contributed by atoms with Crippen molar-refractivity contribution in [3.8, 4) is 0 Å². The Hall–Kier alpha value is -1.57. The van der Waals surface area contributed by atoms with Gasteiger partial charge in [-0.25, -0.2) is 0 Å². The van der Waals surface area contributed by atoms with Crippen LogP contribution in [0.1, 0.15) is 18.4 Å². The molecular weight excluding hydrogens is 277 g/mol. The van der Waals surface area contributed by atoms with Gasteiger partial charge >= 0.3 is 6.18 Å². The zero-order valence-corrected chi connectivity index (χ0v) is 10.6. The van der Waals surface area contributed by atoms with E-state index in [0.29, 0.717) is 18.4 Å². The van der Waals surface area contributed by atoms with Gasteiger partial charge in [0, 0.05) is 5.56 Å². The number of halogens is 3. The molecule has 1 aromatic rings. The highest BCUT2D eigenvalue weighted by Crippen LogP contribution is 2.50. The summed E-state index contributed by atoms with van der Waals surface area (Å²) < 4.78 is 49.2. The number of aryl methyl sites for hydroxylation is 1. The van der Waals surface area contributed by atoms with Crippen LogP contribution in [0.15, 0.2) is 10.8 Å². The normalized spacial score (nSPS) is 32.6. The van der Waals surface area contributed by atoms with E-state index in [2.05, 4.69) is 15.0 Å². The fourth-order valence-corrected chi connectivity index (χ4v) is 3.03. The van der Waals surface area contributed by atoms with Crippen molar-refractivity contribution in [2.24, 2.45) is 11.8 Å². The quantitative estimate of drug-likeness (QED) is 0.907. The summed E-state index contributed by atoms with van der Waals surface area (Å²) in [7, 11) is 0. The third-order valence-corrected chi connectivity index (χ3v) is 3.94. The molecule has 2 bridgehead atoms. The highest BCUT2D eigenvalue weighted by atomic mass is 19.4. The Labute approximate surface area is 112 Å². The number of fused-ring (bicyclic) bond motifs is 2. The Morgan fingerprint density at radius 2 is 2.10 bits per heavy atom. The average Bonchev–Trinajstić information content (AvgIpc) is 3.03. The second-order valence-electron chi connectivity index (χ2n) is 5.22. The van der Waals surface area contributed by atoms with Crippen LogP contribution in [0.25, 0.3) is 0 Å². The summed E-state index contributed by atoms with van der Waals surface area (Å²) in [6.07, 6.45) is -3.88. The van der Waals surface area contributed by atoms with Gasteiger partial charge in [-0.15, -0.1) is 0 Å². The first kappa shape index (κ1) is 13.4. The predicted molar refractivity (Wildman–Crippen MR) is 60.8 cm³/mol. The van der Waals surface area contributed by atoms with Gasteiger partial charge in [0.05, 0.1) is 24.0 Å². The first-order valence-electron chi connectivity index (χ1n) is 6.32. The molecule has 5 nitrogen and oxygen atoms in total. The van der Waals surface area contributed by atoms with Crippen molar-refractivity contribution in [1.29, 1.82) is 0 Å². The first-order chi connectivity index (χ1) is 9.38. The molecule has 8 heteroatoms. The standard InChI is InChI=1S/C12H13F3N2O3/c1-5-4-19-17-10(5)16-11(18)8-6-2-3-7(20-6)9(8)12(13,14)15/h4,6-9H,2-3H2,1H3,(H,16,17,18). The van der Waals surface area contributed by atoms with Crippen molar-refractivity contribution in [2.45, 2.75) is 38.1 Å². The van der Waals surface area contributed by atoms with E-state index >= 15 is 0 Å². The maximum Gasteiger partial charge on any atom is 0.395 e. The third-order valence-electron chi connectivity index (χ3n) is 3.94. The van der Waals surface area contributed by atoms with Gasteiger partial charge in [-0.05, 0) is 19.8 Å².